The quantitative estimate of drug-likeness (QED) is 0.596. The number of aromatic nitrogens is 1. The predicted octanol–water partition coefficient (Wildman–Crippen LogP) is 4.90. The maximum absolute atomic E-state index is 12.8. The first-order chi connectivity index (χ1) is 13.7. The lowest BCUT2D eigenvalue weighted by molar-refractivity contribution is -0.137. The highest BCUT2D eigenvalue weighted by Gasteiger charge is 2.30. The highest BCUT2D eigenvalue weighted by atomic mass is 32.1. The molecule has 0 fully saturated rings. The van der Waals surface area contributed by atoms with Gasteiger partial charge in [0.25, 0.3) is 5.91 Å². The number of benzene rings is 2. The Morgan fingerprint density at radius 3 is 2.62 bits per heavy atom. The molecule has 3 rings (SSSR count). The minimum Gasteiger partial charge on any atom is -0.378 e. The van der Waals surface area contributed by atoms with Gasteiger partial charge in [-0.25, -0.2) is 4.98 Å². The van der Waals surface area contributed by atoms with Crippen LogP contribution in [0.15, 0.2) is 53.9 Å². The van der Waals surface area contributed by atoms with E-state index in [-0.39, 0.29) is 12.2 Å². The highest BCUT2D eigenvalue weighted by molar-refractivity contribution is 7.14. The third-order valence-corrected chi connectivity index (χ3v) is 4.82. The van der Waals surface area contributed by atoms with E-state index in [4.69, 9.17) is 0 Å². The summed E-state index contributed by atoms with van der Waals surface area (Å²) < 4.78 is 38.3. The highest BCUT2D eigenvalue weighted by Crippen LogP contribution is 2.29. The number of thiazole rings is 1. The molecule has 0 saturated carbocycles. The number of halogens is 3. The number of nitrogens with zero attached hydrogens (tertiary/aromatic N) is 2. The van der Waals surface area contributed by atoms with Gasteiger partial charge in [0, 0.05) is 37.4 Å². The lowest BCUT2D eigenvalue weighted by Gasteiger charge is -2.13. The van der Waals surface area contributed by atoms with Crippen molar-refractivity contribution in [2.75, 3.05) is 24.3 Å². The Bertz CT molecular complexity index is 1000. The smallest absolute Gasteiger partial charge is 0.378 e. The van der Waals surface area contributed by atoms with Gasteiger partial charge < -0.3 is 15.5 Å². The Labute approximate surface area is 170 Å². The monoisotopic (exact) mass is 420 g/mol. The molecule has 5 nitrogen and oxygen atoms in total. The topological polar surface area (TPSA) is 57.3 Å². The summed E-state index contributed by atoms with van der Waals surface area (Å²) >= 11 is 1.27. The van der Waals surface area contributed by atoms with Crippen molar-refractivity contribution in [3.05, 3.63) is 70.7 Å². The summed E-state index contributed by atoms with van der Waals surface area (Å²) in [5.74, 6) is -0.450. The Hall–Kier alpha value is -3.07. The Balaban J connectivity index is 1.62. The maximum Gasteiger partial charge on any atom is 0.416 e. The minimum atomic E-state index is -4.42. The van der Waals surface area contributed by atoms with Gasteiger partial charge in [0.2, 0.25) is 0 Å². The van der Waals surface area contributed by atoms with E-state index in [9.17, 15) is 18.0 Å². The molecule has 0 aliphatic heterocycles. The summed E-state index contributed by atoms with van der Waals surface area (Å²) in [6, 6.07) is 12.6. The van der Waals surface area contributed by atoms with E-state index in [0.717, 1.165) is 23.5 Å². The van der Waals surface area contributed by atoms with Crippen LogP contribution in [0.25, 0.3) is 0 Å². The molecule has 29 heavy (non-hydrogen) atoms. The second-order valence-corrected chi connectivity index (χ2v) is 7.35. The van der Waals surface area contributed by atoms with Crippen molar-refractivity contribution in [3.63, 3.8) is 0 Å². The van der Waals surface area contributed by atoms with Crippen molar-refractivity contribution < 1.29 is 18.0 Å². The SMILES string of the molecule is CN(C)c1cccc(Nc2nc(C(=O)NCc3cccc(C(F)(F)F)c3)cs2)c1. The molecule has 0 bridgehead atoms. The number of amides is 1. The zero-order chi connectivity index (χ0) is 21.0. The molecule has 0 spiro atoms. The summed E-state index contributed by atoms with van der Waals surface area (Å²) in [4.78, 5) is 18.5. The van der Waals surface area contributed by atoms with Crippen LogP contribution in [0.1, 0.15) is 21.6 Å². The van der Waals surface area contributed by atoms with Crippen molar-refractivity contribution in [3.8, 4) is 0 Å². The molecule has 0 atom stereocenters. The molecule has 2 aromatic carbocycles. The zero-order valence-electron chi connectivity index (χ0n) is 15.7. The van der Waals surface area contributed by atoms with Gasteiger partial charge in [-0.05, 0) is 35.9 Å². The number of rotatable bonds is 6. The molecule has 0 aliphatic rings. The van der Waals surface area contributed by atoms with E-state index in [2.05, 4.69) is 15.6 Å². The van der Waals surface area contributed by atoms with Crippen LogP contribution in [0.5, 0.6) is 0 Å². The molecule has 0 radical (unpaired) electrons. The molecule has 0 unspecified atom stereocenters. The zero-order valence-corrected chi connectivity index (χ0v) is 16.6. The molecular weight excluding hydrogens is 401 g/mol. The molecule has 3 aromatic rings. The minimum absolute atomic E-state index is 0.0199. The molecule has 0 saturated heterocycles. The van der Waals surface area contributed by atoms with Crippen molar-refractivity contribution >= 4 is 33.8 Å². The molecule has 2 N–H and O–H groups in total. The maximum atomic E-state index is 12.8. The van der Waals surface area contributed by atoms with Gasteiger partial charge >= 0.3 is 6.18 Å². The summed E-state index contributed by atoms with van der Waals surface area (Å²) in [7, 11) is 3.88. The van der Waals surface area contributed by atoms with Crippen LogP contribution in [0.2, 0.25) is 0 Å². The number of carbonyl (C=O) groups excluding carboxylic acids is 1. The average Bonchev–Trinajstić information content (AvgIpc) is 3.14. The predicted molar refractivity (Wildman–Crippen MR) is 109 cm³/mol. The molecule has 9 heteroatoms. The third-order valence-electron chi connectivity index (χ3n) is 4.06. The van der Waals surface area contributed by atoms with Gasteiger partial charge in [-0.1, -0.05) is 18.2 Å². The van der Waals surface area contributed by atoms with E-state index < -0.39 is 17.6 Å². The van der Waals surface area contributed by atoms with Gasteiger partial charge in [-0.2, -0.15) is 13.2 Å². The molecule has 1 aromatic heterocycles. The molecule has 1 heterocycles. The van der Waals surface area contributed by atoms with Crippen LogP contribution < -0.4 is 15.5 Å². The van der Waals surface area contributed by atoms with Gasteiger partial charge in [-0.15, -0.1) is 11.3 Å². The van der Waals surface area contributed by atoms with Crippen LogP contribution >= 0.6 is 11.3 Å². The van der Waals surface area contributed by atoms with Crippen LogP contribution in [-0.2, 0) is 12.7 Å². The van der Waals surface area contributed by atoms with E-state index in [1.165, 1.54) is 23.5 Å². The Morgan fingerprint density at radius 2 is 1.90 bits per heavy atom. The van der Waals surface area contributed by atoms with Crippen molar-refractivity contribution in [1.29, 1.82) is 0 Å². The van der Waals surface area contributed by atoms with Gasteiger partial charge in [0.15, 0.2) is 5.13 Å². The van der Waals surface area contributed by atoms with E-state index in [0.29, 0.717) is 10.7 Å². The number of carbonyl (C=O) groups is 1. The van der Waals surface area contributed by atoms with Crippen LogP contribution in [0.4, 0.5) is 29.7 Å². The second kappa shape index (κ2) is 8.52. The van der Waals surface area contributed by atoms with E-state index in [1.807, 2.05) is 43.3 Å². The van der Waals surface area contributed by atoms with Crippen LogP contribution in [-0.4, -0.2) is 25.0 Å². The lowest BCUT2D eigenvalue weighted by Crippen LogP contribution is -2.23. The van der Waals surface area contributed by atoms with Crippen LogP contribution in [0.3, 0.4) is 0 Å². The largest absolute Gasteiger partial charge is 0.416 e. The van der Waals surface area contributed by atoms with Gasteiger partial charge in [0.05, 0.1) is 5.56 Å². The summed E-state index contributed by atoms with van der Waals surface area (Å²) in [5, 5.41) is 7.89. The number of nitrogens with one attached hydrogen (secondary N) is 2. The summed E-state index contributed by atoms with van der Waals surface area (Å²) in [6.45, 7) is -0.0199. The number of anilines is 3. The Kier molecular flexibility index (Phi) is 6.07. The van der Waals surface area contributed by atoms with Crippen molar-refractivity contribution in [1.82, 2.24) is 10.3 Å². The lowest BCUT2D eigenvalue weighted by atomic mass is 10.1. The van der Waals surface area contributed by atoms with E-state index in [1.54, 1.807) is 5.38 Å². The first-order valence-corrected chi connectivity index (χ1v) is 9.54. The first kappa shape index (κ1) is 20.7. The van der Waals surface area contributed by atoms with E-state index >= 15 is 0 Å². The number of alkyl halides is 3. The third kappa shape index (κ3) is 5.47. The fourth-order valence-electron chi connectivity index (χ4n) is 2.55. The van der Waals surface area contributed by atoms with Gasteiger partial charge in [0.1, 0.15) is 5.69 Å². The fraction of sp³-hybridized carbons (Fsp3) is 0.200. The number of hydrogen-bond acceptors (Lipinski definition) is 5. The van der Waals surface area contributed by atoms with Crippen molar-refractivity contribution in [2.24, 2.45) is 0 Å². The summed E-state index contributed by atoms with van der Waals surface area (Å²) in [6.07, 6.45) is -4.42. The summed E-state index contributed by atoms with van der Waals surface area (Å²) in [5.41, 5.74) is 1.67. The molecule has 1 amide bonds. The Morgan fingerprint density at radius 1 is 1.14 bits per heavy atom. The fourth-order valence-corrected chi connectivity index (χ4v) is 3.26. The molecule has 0 aliphatic carbocycles. The van der Waals surface area contributed by atoms with Crippen molar-refractivity contribution in [2.45, 2.75) is 12.7 Å². The van der Waals surface area contributed by atoms with Crippen LogP contribution in [0, 0.1) is 0 Å². The first-order valence-electron chi connectivity index (χ1n) is 8.66. The standard InChI is InChI=1S/C20H19F3N4OS/c1-27(2)16-8-4-7-15(10-16)25-19-26-17(12-29-19)18(28)24-11-13-5-3-6-14(9-13)20(21,22)23/h3-10,12H,11H2,1-2H3,(H,24,28)(H,25,26). The molecule has 152 valence electrons. The molecular formula is C20H19F3N4OS. The normalized spacial score (nSPS) is 11.2. The average molecular weight is 420 g/mol. The second-order valence-electron chi connectivity index (χ2n) is 6.49. The van der Waals surface area contributed by atoms with Gasteiger partial charge in [-0.3, -0.25) is 4.79 Å². The number of hydrogen-bond donors (Lipinski definition) is 2.